The average Bonchev–Trinajstić information content (AvgIpc) is 3.09. The van der Waals surface area contributed by atoms with Crippen LogP contribution in [0.4, 0.5) is 10.5 Å². The Balaban J connectivity index is 1.59. The highest BCUT2D eigenvalue weighted by Crippen LogP contribution is 2.26. The fraction of sp³-hybridized carbons (Fsp3) is 0.526. The molecule has 2 atom stereocenters. The van der Waals surface area contributed by atoms with Crippen LogP contribution in [0.3, 0.4) is 0 Å². The second kappa shape index (κ2) is 8.21. The fourth-order valence-corrected chi connectivity index (χ4v) is 3.86. The highest BCUT2D eigenvalue weighted by molar-refractivity contribution is 5.90. The van der Waals surface area contributed by atoms with Crippen molar-refractivity contribution in [2.75, 3.05) is 25.0 Å². The van der Waals surface area contributed by atoms with E-state index in [1.807, 2.05) is 30.3 Å². The van der Waals surface area contributed by atoms with Crippen molar-refractivity contribution in [3.63, 3.8) is 0 Å². The third kappa shape index (κ3) is 4.33. The van der Waals surface area contributed by atoms with Gasteiger partial charge < -0.3 is 20.2 Å². The molecule has 2 unspecified atom stereocenters. The molecule has 2 fully saturated rings. The van der Waals surface area contributed by atoms with Gasteiger partial charge in [0.15, 0.2) is 0 Å². The van der Waals surface area contributed by atoms with E-state index in [0.717, 1.165) is 31.4 Å². The van der Waals surface area contributed by atoms with E-state index < -0.39 is 5.97 Å². The summed E-state index contributed by atoms with van der Waals surface area (Å²) in [5, 5.41) is 11.9. The zero-order chi connectivity index (χ0) is 18.5. The number of carboxylic acid groups (broad SMARTS) is 1. The molecule has 26 heavy (non-hydrogen) atoms. The van der Waals surface area contributed by atoms with Gasteiger partial charge in [0, 0.05) is 31.4 Å². The highest BCUT2D eigenvalue weighted by Gasteiger charge is 2.36. The van der Waals surface area contributed by atoms with Crippen LogP contribution in [0.25, 0.3) is 0 Å². The zero-order valence-corrected chi connectivity index (χ0v) is 14.8. The molecule has 2 aliphatic heterocycles. The second-order valence-corrected chi connectivity index (χ2v) is 7.01. The number of aliphatic carboxylic acids is 1. The monoisotopic (exact) mass is 359 g/mol. The number of anilines is 1. The number of nitrogens with zero attached hydrogens (tertiary/aromatic N) is 2. The number of benzene rings is 1. The van der Waals surface area contributed by atoms with Crippen molar-refractivity contribution >= 4 is 23.6 Å². The van der Waals surface area contributed by atoms with Crippen molar-refractivity contribution < 1.29 is 19.5 Å². The minimum Gasteiger partial charge on any atom is -0.481 e. The van der Waals surface area contributed by atoms with Gasteiger partial charge in [-0.3, -0.25) is 9.59 Å². The summed E-state index contributed by atoms with van der Waals surface area (Å²) in [6.45, 7) is 1.62. The van der Waals surface area contributed by atoms with E-state index in [0.29, 0.717) is 19.6 Å². The summed E-state index contributed by atoms with van der Waals surface area (Å²) in [5.41, 5.74) is 0.729. The van der Waals surface area contributed by atoms with E-state index in [2.05, 4.69) is 5.32 Å². The van der Waals surface area contributed by atoms with E-state index >= 15 is 0 Å². The van der Waals surface area contributed by atoms with Crippen molar-refractivity contribution in [3.05, 3.63) is 30.3 Å². The van der Waals surface area contributed by atoms with Crippen molar-refractivity contribution in [1.29, 1.82) is 0 Å². The van der Waals surface area contributed by atoms with Gasteiger partial charge in [-0.05, 0) is 37.8 Å². The van der Waals surface area contributed by atoms with Gasteiger partial charge in [0.25, 0.3) is 0 Å². The number of likely N-dealkylation sites (tertiary alicyclic amines) is 2. The molecule has 0 saturated carbocycles. The summed E-state index contributed by atoms with van der Waals surface area (Å²) in [7, 11) is 0. The van der Waals surface area contributed by atoms with Gasteiger partial charge in [-0.25, -0.2) is 4.79 Å². The third-order valence-corrected chi connectivity index (χ3v) is 5.15. The molecule has 1 aromatic rings. The number of rotatable bonds is 4. The molecule has 2 heterocycles. The van der Waals surface area contributed by atoms with Gasteiger partial charge in [-0.15, -0.1) is 0 Å². The maximum absolute atomic E-state index is 12.9. The molecular weight excluding hydrogens is 334 g/mol. The van der Waals surface area contributed by atoms with Crippen LogP contribution in [0, 0.1) is 5.92 Å². The molecule has 140 valence electrons. The van der Waals surface area contributed by atoms with Crippen LogP contribution in [-0.4, -0.2) is 58.5 Å². The van der Waals surface area contributed by atoms with E-state index in [9.17, 15) is 14.4 Å². The number of para-hydroxylation sites is 1. The molecule has 0 aromatic heterocycles. The lowest BCUT2D eigenvalue weighted by atomic mass is 9.96. The van der Waals surface area contributed by atoms with E-state index in [1.165, 1.54) is 0 Å². The molecule has 0 radical (unpaired) electrons. The van der Waals surface area contributed by atoms with Gasteiger partial charge in [-0.2, -0.15) is 0 Å². The topological polar surface area (TPSA) is 90.0 Å². The minimum atomic E-state index is -0.873. The SMILES string of the molecule is O=C(O)CC1CCCN1C(=O)C1CCCN(C(=O)Nc2ccccc2)C1. The van der Waals surface area contributed by atoms with E-state index in [1.54, 1.807) is 9.80 Å². The van der Waals surface area contributed by atoms with Gasteiger partial charge in [-0.1, -0.05) is 18.2 Å². The lowest BCUT2D eigenvalue weighted by Gasteiger charge is -2.35. The summed E-state index contributed by atoms with van der Waals surface area (Å²) in [6.07, 6.45) is 3.09. The number of amides is 3. The maximum atomic E-state index is 12.9. The quantitative estimate of drug-likeness (QED) is 0.864. The third-order valence-electron chi connectivity index (χ3n) is 5.15. The molecule has 3 rings (SSSR count). The van der Waals surface area contributed by atoms with Crippen molar-refractivity contribution in [1.82, 2.24) is 9.80 Å². The van der Waals surface area contributed by atoms with Crippen LogP contribution in [0.5, 0.6) is 0 Å². The Bertz CT molecular complexity index is 664. The molecule has 7 heteroatoms. The smallest absolute Gasteiger partial charge is 0.321 e. The van der Waals surface area contributed by atoms with Crippen LogP contribution >= 0.6 is 0 Å². The number of carboxylic acids is 1. The van der Waals surface area contributed by atoms with Crippen LogP contribution in [-0.2, 0) is 9.59 Å². The van der Waals surface area contributed by atoms with E-state index in [4.69, 9.17) is 5.11 Å². The Morgan fingerprint density at radius 2 is 1.81 bits per heavy atom. The first kappa shape index (κ1) is 18.2. The first-order chi connectivity index (χ1) is 12.5. The van der Waals surface area contributed by atoms with Gasteiger partial charge in [0.2, 0.25) is 5.91 Å². The summed E-state index contributed by atoms with van der Waals surface area (Å²) in [6, 6.07) is 8.83. The standard InChI is InChI=1S/C19H25N3O4/c23-17(24)12-16-9-5-11-22(16)18(25)14-6-4-10-21(13-14)19(26)20-15-7-2-1-3-8-15/h1-3,7-8,14,16H,4-6,9-13H2,(H,20,26)(H,23,24). The molecule has 3 amide bonds. The molecular formula is C19H25N3O4. The van der Waals surface area contributed by atoms with Crippen molar-refractivity contribution in [2.24, 2.45) is 5.92 Å². The van der Waals surface area contributed by atoms with Crippen LogP contribution < -0.4 is 5.32 Å². The molecule has 0 spiro atoms. The average molecular weight is 359 g/mol. The minimum absolute atomic E-state index is 0.00331. The zero-order valence-electron chi connectivity index (χ0n) is 14.8. The number of hydrogen-bond donors (Lipinski definition) is 2. The molecule has 2 saturated heterocycles. The maximum Gasteiger partial charge on any atom is 0.321 e. The predicted molar refractivity (Wildman–Crippen MR) is 96.7 cm³/mol. The number of hydrogen-bond acceptors (Lipinski definition) is 3. The molecule has 0 aliphatic carbocycles. The van der Waals surface area contributed by atoms with Gasteiger partial charge in [0.1, 0.15) is 0 Å². The predicted octanol–water partition coefficient (Wildman–Crippen LogP) is 2.40. The van der Waals surface area contributed by atoms with Crippen molar-refractivity contribution in [3.8, 4) is 0 Å². The fourth-order valence-electron chi connectivity index (χ4n) is 3.86. The number of piperidine rings is 1. The molecule has 0 bridgehead atoms. The Hall–Kier alpha value is -2.57. The van der Waals surface area contributed by atoms with Gasteiger partial charge >= 0.3 is 12.0 Å². The number of carbonyl (C=O) groups excluding carboxylic acids is 2. The normalized spacial score (nSPS) is 22.9. The lowest BCUT2D eigenvalue weighted by Crippen LogP contribution is -2.49. The van der Waals surface area contributed by atoms with Crippen LogP contribution in [0.2, 0.25) is 0 Å². The number of carbonyl (C=O) groups is 3. The Morgan fingerprint density at radius 3 is 2.54 bits per heavy atom. The Morgan fingerprint density at radius 1 is 1.08 bits per heavy atom. The molecule has 7 nitrogen and oxygen atoms in total. The first-order valence-electron chi connectivity index (χ1n) is 9.18. The molecule has 2 aliphatic rings. The van der Waals surface area contributed by atoms with Crippen molar-refractivity contribution in [2.45, 2.75) is 38.1 Å². The van der Waals surface area contributed by atoms with Gasteiger partial charge in [0.05, 0.1) is 12.3 Å². The molecule has 2 N–H and O–H groups in total. The Kier molecular flexibility index (Phi) is 5.75. The number of nitrogens with one attached hydrogen (secondary N) is 1. The molecule has 1 aromatic carbocycles. The summed E-state index contributed by atoms with van der Waals surface area (Å²) in [4.78, 5) is 39.8. The summed E-state index contributed by atoms with van der Waals surface area (Å²) < 4.78 is 0. The highest BCUT2D eigenvalue weighted by atomic mass is 16.4. The second-order valence-electron chi connectivity index (χ2n) is 7.01. The Labute approximate surface area is 153 Å². The lowest BCUT2D eigenvalue weighted by molar-refractivity contribution is -0.141. The summed E-state index contributed by atoms with van der Waals surface area (Å²) in [5.74, 6) is -1.13. The van der Waals surface area contributed by atoms with E-state index in [-0.39, 0.29) is 30.3 Å². The first-order valence-corrected chi connectivity index (χ1v) is 9.18. The van der Waals surface area contributed by atoms with Crippen LogP contribution in [0.1, 0.15) is 32.1 Å². The van der Waals surface area contributed by atoms with Crippen LogP contribution in [0.15, 0.2) is 30.3 Å². The largest absolute Gasteiger partial charge is 0.481 e. The summed E-state index contributed by atoms with van der Waals surface area (Å²) >= 11 is 0. The number of urea groups is 1.